The van der Waals surface area contributed by atoms with E-state index in [1.807, 2.05) is 13.8 Å². The number of carbonyl (C=O) groups excluding carboxylic acids is 1. The minimum absolute atomic E-state index is 0.0925. The first-order chi connectivity index (χ1) is 12.0. The third-order valence-electron chi connectivity index (χ3n) is 5.47. The largest absolute Gasteiger partial charge is 0.481 e. The Labute approximate surface area is 151 Å². The van der Waals surface area contributed by atoms with Crippen molar-refractivity contribution in [3.63, 3.8) is 0 Å². The maximum Gasteiger partial charge on any atom is 0.416 e. The zero-order valence-electron chi connectivity index (χ0n) is 15.1. The molecule has 0 saturated carbocycles. The minimum atomic E-state index is -4.38. The average Bonchev–Trinajstić information content (AvgIpc) is 3.01. The highest BCUT2D eigenvalue weighted by molar-refractivity contribution is 5.81. The van der Waals surface area contributed by atoms with Crippen molar-refractivity contribution in [2.45, 2.75) is 45.7 Å². The van der Waals surface area contributed by atoms with Crippen molar-refractivity contribution in [1.82, 2.24) is 4.90 Å². The van der Waals surface area contributed by atoms with Crippen LogP contribution in [-0.4, -0.2) is 35.0 Å². The van der Waals surface area contributed by atoms with Gasteiger partial charge in [0.25, 0.3) is 0 Å². The van der Waals surface area contributed by atoms with Gasteiger partial charge in [-0.15, -0.1) is 0 Å². The van der Waals surface area contributed by atoms with E-state index in [0.29, 0.717) is 18.5 Å². The van der Waals surface area contributed by atoms with Crippen LogP contribution in [0.15, 0.2) is 24.3 Å². The first-order valence-corrected chi connectivity index (χ1v) is 8.65. The van der Waals surface area contributed by atoms with E-state index in [4.69, 9.17) is 0 Å². The Morgan fingerprint density at radius 3 is 2.19 bits per heavy atom. The van der Waals surface area contributed by atoms with Crippen molar-refractivity contribution in [3.05, 3.63) is 35.4 Å². The molecule has 1 saturated heterocycles. The predicted octanol–water partition coefficient (Wildman–Crippen LogP) is 4.16. The van der Waals surface area contributed by atoms with E-state index in [-0.39, 0.29) is 30.7 Å². The Kier molecular flexibility index (Phi) is 5.68. The highest BCUT2D eigenvalue weighted by atomic mass is 19.4. The number of carboxylic acids is 1. The summed E-state index contributed by atoms with van der Waals surface area (Å²) in [5, 5.41) is 9.56. The first-order valence-electron chi connectivity index (χ1n) is 8.65. The lowest BCUT2D eigenvalue weighted by atomic mass is 9.76. The van der Waals surface area contributed by atoms with Crippen LogP contribution in [0.25, 0.3) is 0 Å². The van der Waals surface area contributed by atoms with Crippen LogP contribution in [0.5, 0.6) is 0 Å². The van der Waals surface area contributed by atoms with Crippen LogP contribution in [0.4, 0.5) is 13.2 Å². The number of nitrogens with zero attached hydrogens (tertiary/aromatic N) is 1. The molecule has 2 rings (SSSR count). The molecule has 1 fully saturated rings. The van der Waals surface area contributed by atoms with Gasteiger partial charge >= 0.3 is 12.1 Å². The fourth-order valence-electron chi connectivity index (χ4n) is 3.45. The monoisotopic (exact) mass is 371 g/mol. The lowest BCUT2D eigenvalue weighted by Gasteiger charge is -2.29. The molecule has 2 unspecified atom stereocenters. The van der Waals surface area contributed by atoms with Crippen LogP contribution in [0.2, 0.25) is 0 Å². The van der Waals surface area contributed by atoms with Gasteiger partial charge in [0.15, 0.2) is 0 Å². The predicted molar refractivity (Wildman–Crippen MR) is 90.6 cm³/mol. The third-order valence-corrected chi connectivity index (χ3v) is 5.47. The molecule has 7 heteroatoms. The summed E-state index contributed by atoms with van der Waals surface area (Å²) < 4.78 is 37.9. The Morgan fingerprint density at radius 2 is 1.77 bits per heavy atom. The van der Waals surface area contributed by atoms with Crippen LogP contribution in [0.1, 0.15) is 50.7 Å². The molecule has 1 aromatic rings. The maximum absolute atomic E-state index is 12.6. The number of alkyl halides is 3. The second-order valence-corrected chi connectivity index (χ2v) is 7.41. The molecule has 1 aliphatic rings. The van der Waals surface area contributed by atoms with Crippen LogP contribution in [0, 0.1) is 11.3 Å². The zero-order valence-corrected chi connectivity index (χ0v) is 15.1. The fourth-order valence-corrected chi connectivity index (χ4v) is 3.45. The number of rotatable bonds is 5. The highest BCUT2D eigenvalue weighted by Crippen LogP contribution is 2.39. The molecule has 0 radical (unpaired) electrons. The van der Waals surface area contributed by atoms with Gasteiger partial charge in [-0.2, -0.15) is 13.2 Å². The van der Waals surface area contributed by atoms with Gasteiger partial charge in [-0.3, -0.25) is 9.59 Å². The van der Waals surface area contributed by atoms with Gasteiger partial charge in [-0.25, -0.2) is 0 Å². The standard InChI is InChI=1S/C19H24F3NO3/c1-12(2)18(17(25)26)8-9-23(11-18)16(24)10-13(3)14-4-6-15(7-5-14)19(20,21)22/h4-7,12-13H,8-11H2,1-3H3,(H,25,26). The van der Waals surface area contributed by atoms with Crippen molar-refractivity contribution in [2.75, 3.05) is 13.1 Å². The van der Waals surface area contributed by atoms with Gasteiger partial charge in [0.05, 0.1) is 11.0 Å². The number of aliphatic carboxylic acids is 1. The third kappa shape index (κ3) is 4.02. The smallest absolute Gasteiger partial charge is 0.416 e. The molecular weight excluding hydrogens is 347 g/mol. The van der Waals surface area contributed by atoms with E-state index < -0.39 is 23.1 Å². The lowest BCUT2D eigenvalue weighted by Crippen LogP contribution is -2.40. The summed E-state index contributed by atoms with van der Waals surface area (Å²) in [5.74, 6) is -1.39. The first kappa shape index (κ1) is 20.3. The fraction of sp³-hybridized carbons (Fsp3) is 0.579. The van der Waals surface area contributed by atoms with E-state index in [9.17, 15) is 27.9 Å². The number of halogens is 3. The van der Waals surface area contributed by atoms with Crippen molar-refractivity contribution in [2.24, 2.45) is 11.3 Å². The molecule has 144 valence electrons. The molecule has 4 nitrogen and oxygen atoms in total. The number of amides is 1. The Hall–Kier alpha value is -2.05. The Bertz CT molecular complexity index is 670. The molecule has 1 N–H and O–H groups in total. The molecule has 1 aromatic carbocycles. The Balaban J connectivity index is 2.03. The van der Waals surface area contributed by atoms with Crippen molar-refractivity contribution in [3.8, 4) is 0 Å². The summed E-state index contributed by atoms with van der Waals surface area (Å²) in [7, 11) is 0. The summed E-state index contributed by atoms with van der Waals surface area (Å²) in [6.07, 6.45) is -3.83. The molecule has 0 aliphatic carbocycles. The normalized spacial score (nSPS) is 21.9. The summed E-state index contributed by atoms with van der Waals surface area (Å²) in [6, 6.07) is 4.81. The molecular formula is C19H24F3NO3. The summed E-state index contributed by atoms with van der Waals surface area (Å²) in [6.45, 7) is 6.03. The van der Waals surface area contributed by atoms with E-state index in [1.54, 1.807) is 11.8 Å². The van der Waals surface area contributed by atoms with Crippen LogP contribution in [-0.2, 0) is 15.8 Å². The Morgan fingerprint density at radius 1 is 1.19 bits per heavy atom. The van der Waals surface area contributed by atoms with Gasteiger partial charge in [0.1, 0.15) is 0 Å². The molecule has 1 aliphatic heterocycles. The molecule has 0 spiro atoms. The van der Waals surface area contributed by atoms with Gasteiger partial charge in [0, 0.05) is 19.5 Å². The number of benzene rings is 1. The van der Waals surface area contributed by atoms with Crippen LogP contribution in [0.3, 0.4) is 0 Å². The topological polar surface area (TPSA) is 57.6 Å². The van der Waals surface area contributed by atoms with E-state index in [0.717, 1.165) is 12.1 Å². The SMILES string of the molecule is CC(CC(=O)N1CCC(C(=O)O)(C(C)C)C1)c1ccc(C(F)(F)F)cc1. The maximum atomic E-state index is 12.6. The number of likely N-dealkylation sites (tertiary alicyclic amines) is 1. The van der Waals surface area contributed by atoms with Crippen molar-refractivity contribution >= 4 is 11.9 Å². The second kappa shape index (κ2) is 7.29. The highest BCUT2D eigenvalue weighted by Gasteiger charge is 2.48. The van der Waals surface area contributed by atoms with Gasteiger partial charge in [-0.05, 0) is 36.0 Å². The number of hydrogen-bond donors (Lipinski definition) is 1. The summed E-state index contributed by atoms with van der Waals surface area (Å²) >= 11 is 0. The van der Waals surface area contributed by atoms with E-state index >= 15 is 0 Å². The molecule has 26 heavy (non-hydrogen) atoms. The lowest BCUT2D eigenvalue weighted by molar-refractivity contribution is -0.151. The summed E-state index contributed by atoms with van der Waals surface area (Å²) in [4.78, 5) is 25.8. The molecule has 1 heterocycles. The van der Waals surface area contributed by atoms with Crippen molar-refractivity contribution in [1.29, 1.82) is 0 Å². The quantitative estimate of drug-likeness (QED) is 0.846. The number of carboxylic acid groups (broad SMARTS) is 1. The van der Waals surface area contributed by atoms with Crippen LogP contribution < -0.4 is 0 Å². The average molecular weight is 371 g/mol. The van der Waals surface area contributed by atoms with E-state index in [2.05, 4.69) is 0 Å². The summed E-state index contributed by atoms with van der Waals surface area (Å²) in [5.41, 5.74) is -0.992. The van der Waals surface area contributed by atoms with Gasteiger partial charge < -0.3 is 10.0 Å². The minimum Gasteiger partial charge on any atom is -0.481 e. The molecule has 0 aromatic heterocycles. The molecule has 2 atom stereocenters. The number of hydrogen-bond acceptors (Lipinski definition) is 2. The van der Waals surface area contributed by atoms with Gasteiger partial charge in [0.2, 0.25) is 5.91 Å². The zero-order chi connectivity index (χ0) is 19.7. The van der Waals surface area contributed by atoms with Crippen LogP contribution >= 0.6 is 0 Å². The van der Waals surface area contributed by atoms with E-state index in [1.165, 1.54) is 12.1 Å². The molecule has 0 bridgehead atoms. The van der Waals surface area contributed by atoms with Gasteiger partial charge in [-0.1, -0.05) is 32.9 Å². The molecule has 1 amide bonds. The number of carbonyl (C=O) groups is 2. The second-order valence-electron chi connectivity index (χ2n) is 7.41. The van der Waals surface area contributed by atoms with Crippen molar-refractivity contribution < 1.29 is 27.9 Å².